The third-order valence-electron chi connectivity index (χ3n) is 5.54. The number of rotatable bonds is 10. The number of hydrogen-bond acceptors (Lipinski definition) is 5. The highest BCUT2D eigenvalue weighted by molar-refractivity contribution is 5.98. The smallest absolute Gasteiger partial charge is 0.258 e. The van der Waals surface area contributed by atoms with Crippen LogP contribution in [-0.2, 0) is 16.0 Å². The van der Waals surface area contributed by atoms with E-state index in [1.165, 1.54) is 7.11 Å². The van der Waals surface area contributed by atoms with Gasteiger partial charge in [-0.25, -0.2) is 0 Å². The van der Waals surface area contributed by atoms with Gasteiger partial charge in [-0.1, -0.05) is 30.3 Å². The fourth-order valence-electron chi connectivity index (χ4n) is 3.88. The Morgan fingerprint density at radius 1 is 0.971 bits per heavy atom. The molecule has 1 fully saturated rings. The molecule has 0 saturated carbocycles. The predicted molar refractivity (Wildman–Crippen MR) is 129 cm³/mol. The average molecular weight is 468 g/mol. The maximum atomic E-state index is 13.1. The summed E-state index contributed by atoms with van der Waals surface area (Å²) in [6.45, 7) is 4.99. The molecule has 34 heavy (non-hydrogen) atoms. The molecule has 2 aromatic rings. The maximum absolute atomic E-state index is 13.1. The van der Waals surface area contributed by atoms with Crippen molar-refractivity contribution in [1.82, 2.24) is 15.5 Å². The molecule has 0 radical (unpaired) electrons. The molecule has 0 aliphatic carbocycles. The van der Waals surface area contributed by atoms with Crippen LogP contribution in [0.3, 0.4) is 0 Å². The molecule has 3 rings (SSSR count). The second-order valence-electron chi connectivity index (χ2n) is 8.62. The van der Waals surface area contributed by atoms with E-state index in [4.69, 9.17) is 9.47 Å². The average Bonchev–Trinajstić information content (AvgIpc) is 3.37. The number of carbonyl (C=O) groups excluding carboxylic acids is 3. The standard InChI is InChI=1S/C26H33N3O5/c1-18(2)27-24(30)17-34-22-12-11-20(16-23(22)33-3)25(31)28-21(15-19-9-5-4-6-10-19)26(32)29-13-7-8-14-29/h4-6,9-12,16,18,21H,7-8,13-15,17H2,1-3H3,(H,27,30)(H,28,31). The highest BCUT2D eigenvalue weighted by Crippen LogP contribution is 2.28. The number of hydrogen-bond donors (Lipinski definition) is 2. The maximum Gasteiger partial charge on any atom is 0.258 e. The van der Waals surface area contributed by atoms with Crippen molar-refractivity contribution in [2.45, 2.75) is 45.2 Å². The van der Waals surface area contributed by atoms with Crippen LogP contribution in [0.5, 0.6) is 11.5 Å². The Morgan fingerprint density at radius 3 is 2.32 bits per heavy atom. The summed E-state index contributed by atoms with van der Waals surface area (Å²) in [6, 6.07) is 13.7. The molecule has 2 aromatic carbocycles. The van der Waals surface area contributed by atoms with Gasteiger partial charge in [0.2, 0.25) is 5.91 Å². The summed E-state index contributed by atoms with van der Waals surface area (Å²) in [4.78, 5) is 39.9. The number of methoxy groups -OCH3 is 1. The number of amides is 3. The number of carbonyl (C=O) groups is 3. The molecule has 1 atom stereocenters. The topological polar surface area (TPSA) is 97.0 Å². The van der Waals surface area contributed by atoms with Crippen LogP contribution >= 0.6 is 0 Å². The van der Waals surface area contributed by atoms with Crippen molar-refractivity contribution in [1.29, 1.82) is 0 Å². The Labute approximate surface area is 200 Å². The van der Waals surface area contributed by atoms with Gasteiger partial charge in [0.05, 0.1) is 7.11 Å². The summed E-state index contributed by atoms with van der Waals surface area (Å²) >= 11 is 0. The molecule has 1 aliphatic heterocycles. The molecule has 1 saturated heterocycles. The summed E-state index contributed by atoms with van der Waals surface area (Å²) in [7, 11) is 1.47. The van der Waals surface area contributed by atoms with Crippen molar-refractivity contribution < 1.29 is 23.9 Å². The summed E-state index contributed by atoms with van der Waals surface area (Å²) < 4.78 is 10.9. The van der Waals surface area contributed by atoms with Crippen molar-refractivity contribution >= 4 is 17.7 Å². The third kappa shape index (κ3) is 6.97. The number of benzene rings is 2. The van der Waals surface area contributed by atoms with Crippen LogP contribution in [0.15, 0.2) is 48.5 Å². The van der Waals surface area contributed by atoms with E-state index in [0.29, 0.717) is 36.6 Å². The largest absolute Gasteiger partial charge is 0.493 e. The van der Waals surface area contributed by atoms with E-state index in [2.05, 4.69) is 10.6 Å². The van der Waals surface area contributed by atoms with E-state index in [-0.39, 0.29) is 30.4 Å². The fraction of sp³-hybridized carbons (Fsp3) is 0.423. The lowest BCUT2D eigenvalue weighted by atomic mass is 10.0. The van der Waals surface area contributed by atoms with Gasteiger partial charge < -0.3 is 25.0 Å². The zero-order chi connectivity index (χ0) is 24.5. The van der Waals surface area contributed by atoms with Crippen molar-refractivity contribution in [2.75, 3.05) is 26.8 Å². The minimum Gasteiger partial charge on any atom is -0.493 e. The molecule has 182 valence electrons. The lowest BCUT2D eigenvalue weighted by Gasteiger charge is -2.24. The second kappa shape index (κ2) is 12.1. The predicted octanol–water partition coefficient (Wildman–Crippen LogP) is 2.56. The molecule has 0 bridgehead atoms. The van der Waals surface area contributed by atoms with E-state index in [9.17, 15) is 14.4 Å². The molecule has 1 heterocycles. The highest BCUT2D eigenvalue weighted by atomic mass is 16.5. The zero-order valence-corrected chi connectivity index (χ0v) is 20.0. The van der Waals surface area contributed by atoms with Gasteiger partial charge in [0, 0.05) is 31.1 Å². The minimum atomic E-state index is -0.672. The van der Waals surface area contributed by atoms with Crippen molar-refractivity contribution in [2.24, 2.45) is 0 Å². The van der Waals surface area contributed by atoms with Gasteiger partial charge in [0.25, 0.3) is 11.8 Å². The van der Waals surface area contributed by atoms with Gasteiger partial charge in [-0.2, -0.15) is 0 Å². The number of nitrogens with zero attached hydrogens (tertiary/aromatic N) is 1. The van der Waals surface area contributed by atoms with Crippen LogP contribution in [0.2, 0.25) is 0 Å². The van der Waals surface area contributed by atoms with Crippen molar-refractivity contribution in [3.8, 4) is 11.5 Å². The number of ether oxygens (including phenoxy) is 2. The summed E-state index contributed by atoms with van der Waals surface area (Å²) in [5.74, 6) is -0.0147. The Kier molecular flexibility index (Phi) is 8.90. The summed E-state index contributed by atoms with van der Waals surface area (Å²) in [5.41, 5.74) is 1.31. The Morgan fingerprint density at radius 2 is 1.68 bits per heavy atom. The first-order valence-corrected chi connectivity index (χ1v) is 11.6. The summed E-state index contributed by atoms with van der Waals surface area (Å²) in [6.07, 6.45) is 2.36. The Balaban J connectivity index is 1.72. The monoisotopic (exact) mass is 467 g/mol. The quantitative estimate of drug-likeness (QED) is 0.560. The minimum absolute atomic E-state index is 0.0103. The van der Waals surface area contributed by atoms with Crippen molar-refractivity contribution in [3.63, 3.8) is 0 Å². The van der Waals surface area contributed by atoms with Gasteiger partial charge in [-0.05, 0) is 50.5 Å². The number of nitrogens with one attached hydrogen (secondary N) is 2. The normalized spacial score (nSPS) is 13.9. The lowest BCUT2D eigenvalue weighted by Crippen LogP contribution is -2.49. The van der Waals surface area contributed by atoms with Crippen molar-refractivity contribution in [3.05, 3.63) is 59.7 Å². The SMILES string of the molecule is COc1cc(C(=O)NC(Cc2ccccc2)C(=O)N2CCCC2)ccc1OCC(=O)NC(C)C. The van der Waals surface area contributed by atoms with Gasteiger partial charge >= 0.3 is 0 Å². The first-order valence-electron chi connectivity index (χ1n) is 11.6. The summed E-state index contributed by atoms with van der Waals surface area (Å²) in [5, 5.41) is 5.66. The molecule has 8 heteroatoms. The van der Waals surface area contributed by atoms with Gasteiger partial charge in [0.1, 0.15) is 6.04 Å². The molecule has 1 aliphatic rings. The molecule has 0 aromatic heterocycles. The molecule has 0 spiro atoms. The molecule has 3 amide bonds. The Hall–Kier alpha value is -3.55. The van der Waals surface area contributed by atoms with E-state index >= 15 is 0 Å². The second-order valence-corrected chi connectivity index (χ2v) is 8.62. The third-order valence-corrected chi connectivity index (χ3v) is 5.54. The van der Waals surface area contributed by atoms with Gasteiger partial charge in [-0.15, -0.1) is 0 Å². The zero-order valence-electron chi connectivity index (χ0n) is 20.0. The van der Waals surface area contributed by atoms with E-state index < -0.39 is 6.04 Å². The fourth-order valence-corrected chi connectivity index (χ4v) is 3.88. The molecule has 2 N–H and O–H groups in total. The highest BCUT2D eigenvalue weighted by Gasteiger charge is 2.28. The van der Waals surface area contributed by atoms with Crippen LogP contribution in [0.25, 0.3) is 0 Å². The first kappa shape index (κ1) is 25.1. The van der Waals surface area contributed by atoms with E-state index in [0.717, 1.165) is 18.4 Å². The van der Waals surface area contributed by atoms with Crippen LogP contribution in [0.4, 0.5) is 0 Å². The molecular weight excluding hydrogens is 434 g/mol. The number of likely N-dealkylation sites (tertiary alicyclic amines) is 1. The Bertz CT molecular complexity index is 987. The molecule has 1 unspecified atom stereocenters. The van der Waals surface area contributed by atoms with Gasteiger partial charge in [-0.3, -0.25) is 14.4 Å². The van der Waals surface area contributed by atoms with E-state index in [1.54, 1.807) is 18.2 Å². The van der Waals surface area contributed by atoms with Crippen LogP contribution in [-0.4, -0.2) is 61.5 Å². The molecule has 8 nitrogen and oxygen atoms in total. The van der Waals surface area contributed by atoms with Crippen LogP contribution < -0.4 is 20.1 Å². The van der Waals surface area contributed by atoms with Crippen LogP contribution in [0, 0.1) is 0 Å². The van der Waals surface area contributed by atoms with E-state index in [1.807, 2.05) is 49.1 Å². The van der Waals surface area contributed by atoms with Crippen LogP contribution in [0.1, 0.15) is 42.6 Å². The first-order chi connectivity index (χ1) is 16.4. The van der Waals surface area contributed by atoms with Gasteiger partial charge in [0.15, 0.2) is 18.1 Å². The molecular formula is C26H33N3O5. The lowest BCUT2D eigenvalue weighted by molar-refractivity contribution is -0.132.